The summed E-state index contributed by atoms with van der Waals surface area (Å²) in [6, 6.07) is 24.7. The van der Waals surface area contributed by atoms with Gasteiger partial charge < -0.3 is 10.2 Å². The van der Waals surface area contributed by atoms with Crippen LogP contribution in [0.2, 0.25) is 0 Å². The first-order chi connectivity index (χ1) is 18.5. The van der Waals surface area contributed by atoms with E-state index in [-0.39, 0.29) is 17.5 Å². The monoisotopic (exact) mass is 580 g/mol. The Kier molecular flexibility index (Phi) is 5.29. The lowest BCUT2D eigenvalue weighted by atomic mass is 9.64. The van der Waals surface area contributed by atoms with E-state index in [0.29, 0.717) is 21.7 Å². The maximum atomic E-state index is 14.6. The molecule has 1 fully saturated rings. The van der Waals surface area contributed by atoms with Crippen molar-refractivity contribution in [3.63, 3.8) is 0 Å². The van der Waals surface area contributed by atoms with Gasteiger partial charge in [0.05, 0.1) is 16.8 Å². The zero-order chi connectivity index (χ0) is 26.0. The van der Waals surface area contributed by atoms with Crippen LogP contribution >= 0.6 is 27.3 Å². The van der Waals surface area contributed by atoms with Crippen LogP contribution in [0.5, 0.6) is 0 Å². The number of carbonyl (C=O) groups is 3. The summed E-state index contributed by atoms with van der Waals surface area (Å²) >= 11 is 4.82. The maximum Gasteiger partial charge on any atom is 0.238 e. The van der Waals surface area contributed by atoms with Crippen LogP contribution in [0.25, 0.3) is 6.08 Å². The van der Waals surface area contributed by atoms with E-state index in [1.165, 1.54) is 11.3 Å². The smallest absolute Gasteiger partial charge is 0.238 e. The molecule has 1 spiro atoms. The van der Waals surface area contributed by atoms with Crippen LogP contribution in [0, 0.1) is 5.92 Å². The van der Waals surface area contributed by atoms with Crippen molar-refractivity contribution in [2.45, 2.75) is 17.5 Å². The molecule has 1 aromatic heterocycles. The molecule has 0 bridgehead atoms. The Balaban J connectivity index is 1.55. The predicted molar refractivity (Wildman–Crippen MR) is 153 cm³/mol. The van der Waals surface area contributed by atoms with Crippen molar-refractivity contribution >= 4 is 62.2 Å². The van der Waals surface area contributed by atoms with Gasteiger partial charge in [-0.3, -0.25) is 14.4 Å². The lowest BCUT2D eigenvalue weighted by Gasteiger charge is -2.37. The summed E-state index contributed by atoms with van der Waals surface area (Å²) < 4.78 is 0.856. The first-order valence-corrected chi connectivity index (χ1v) is 14.0. The highest BCUT2D eigenvalue weighted by atomic mass is 79.9. The third-order valence-electron chi connectivity index (χ3n) is 7.97. The highest BCUT2D eigenvalue weighted by Gasteiger charge is 2.71. The van der Waals surface area contributed by atoms with Crippen molar-refractivity contribution in [1.82, 2.24) is 0 Å². The number of ketones is 2. The molecule has 7 heteroatoms. The molecule has 7 rings (SSSR count). The minimum absolute atomic E-state index is 0.128. The highest BCUT2D eigenvalue weighted by molar-refractivity contribution is 9.10. The van der Waals surface area contributed by atoms with Crippen molar-refractivity contribution < 1.29 is 14.4 Å². The number of nitrogens with one attached hydrogen (secondary N) is 1. The molecule has 4 heterocycles. The minimum Gasteiger partial charge on any atom is -0.352 e. The molecule has 4 atom stereocenters. The molecule has 1 saturated heterocycles. The number of hydrogen-bond donors (Lipinski definition) is 1. The summed E-state index contributed by atoms with van der Waals surface area (Å²) in [6.07, 6.45) is 3.99. The second-order valence-corrected chi connectivity index (χ2v) is 11.6. The number of carbonyl (C=O) groups excluding carboxylic acids is 3. The number of amides is 1. The molecule has 1 N–H and O–H groups in total. The number of anilines is 2. The van der Waals surface area contributed by atoms with Gasteiger partial charge >= 0.3 is 0 Å². The van der Waals surface area contributed by atoms with E-state index in [1.54, 1.807) is 18.2 Å². The van der Waals surface area contributed by atoms with Crippen LogP contribution in [0.1, 0.15) is 31.2 Å². The van der Waals surface area contributed by atoms with E-state index in [1.807, 2.05) is 89.2 Å². The predicted octanol–water partition coefficient (Wildman–Crippen LogP) is 6.37. The Hall–Kier alpha value is -3.81. The lowest BCUT2D eigenvalue weighted by molar-refractivity contribution is -0.121. The van der Waals surface area contributed by atoms with Crippen LogP contribution in [0.3, 0.4) is 0 Å². The highest BCUT2D eigenvalue weighted by Crippen LogP contribution is 2.58. The number of para-hydroxylation sites is 2. The number of rotatable bonds is 4. The zero-order valence-corrected chi connectivity index (χ0v) is 22.4. The topological polar surface area (TPSA) is 66.5 Å². The molecular formula is C31H21BrN2O3S. The molecule has 0 saturated carbocycles. The van der Waals surface area contributed by atoms with Crippen molar-refractivity contribution in [1.29, 1.82) is 0 Å². The average molecular weight is 581 g/mol. The Morgan fingerprint density at radius 3 is 2.45 bits per heavy atom. The normalized spacial score (nSPS) is 24.6. The van der Waals surface area contributed by atoms with E-state index in [0.717, 1.165) is 15.7 Å². The minimum atomic E-state index is -1.42. The van der Waals surface area contributed by atoms with Gasteiger partial charge in [0.1, 0.15) is 11.5 Å². The number of hydrogen-bond acceptors (Lipinski definition) is 5. The quantitative estimate of drug-likeness (QED) is 0.285. The Labute approximate surface area is 231 Å². The van der Waals surface area contributed by atoms with Gasteiger partial charge in [-0.25, -0.2) is 0 Å². The van der Waals surface area contributed by atoms with Crippen LogP contribution in [-0.4, -0.2) is 29.6 Å². The van der Waals surface area contributed by atoms with Crippen LogP contribution in [0.15, 0.2) is 101 Å². The Morgan fingerprint density at radius 1 is 0.895 bits per heavy atom. The van der Waals surface area contributed by atoms with Gasteiger partial charge in [0.15, 0.2) is 11.6 Å². The fraction of sp³-hybridized carbons (Fsp3) is 0.129. The SMILES string of the molecule is O=C(c1ccc(Br)cc1)[C@@H]1N2c3ccccc3C=CC2[C@H](C(=O)c2cccs2)[C@]12C(=O)Nc1ccccc12. The summed E-state index contributed by atoms with van der Waals surface area (Å²) in [5.41, 5.74) is 2.19. The van der Waals surface area contributed by atoms with E-state index in [9.17, 15) is 14.4 Å². The molecule has 0 aliphatic carbocycles. The largest absolute Gasteiger partial charge is 0.352 e. The Bertz CT molecular complexity index is 1650. The van der Waals surface area contributed by atoms with Crippen LogP contribution in [0.4, 0.5) is 11.4 Å². The first-order valence-electron chi connectivity index (χ1n) is 12.4. The van der Waals surface area contributed by atoms with E-state index in [2.05, 4.69) is 21.2 Å². The number of benzene rings is 3. The third-order valence-corrected chi connectivity index (χ3v) is 9.38. The van der Waals surface area contributed by atoms with E-state index < -0.39 is 23.4 Å². The Morgan fingerprint density at radius 2 is 1.66 bits per heavy atom. The van der Waals surface area contributed by atoms with E-state index >= 15 is 0 Å². The summed E-state index contributed by atoms with van der Waals surface area (Å²) in [4.78, 5) is 45.9. The summed E-state index contributed by atoms with van der Waals surface area (Å²) in [5.74, 6) is -1.44. The van der Waals surface area contributed by atoms with Crippen molar-refractivity contribution in [3.8, 4) is 0 Å². The standard InChI is InChI=1S/C31H21BrN2O3S/c32-20-14-11-19(12-15-20)27(35)29-31(21-7-2-3-8-22(21)33-30(31)37)26(28(36)25-10-5-17-38-25)24-16-13-18-6-1-4-9-23(18)34(24)29/h1-17,24,26,29H,(H,33,37)/t24?,26-,29+,31+/m1/s1. The summed E-state index contributed by atoms with van der Waals surface area (Å²) in [6.45, 7) is 0. The molecule has 3 aromatic carbocycles. The molecule has 3 aliphatic heterocycles. The van der Waals surface area contributed by atoms with Gasteiger partial charge in [0.2, 0.25) is 5.91 Å². The molecule has 1 amide bonds. The fourth-order valence-electron chi connectivity index (χ4n) is 6.48. The molecule has 3 aliphatic rings. The second-order valence-electron chi connectivity index (χ2n) is 9.78. The molecule has 38 heavy (non-hydrogen) atoms. The van der Waals surface area contributed by atoms with Crippen molar-refractivity contribution in [3.05, 3.63) is 122 Å². The zero-order valence-electron chi connectivity index (χ0n) is 20.0. The van der Waals surface area contributed by atoms with Gasteiger partial charge in [-0.1, -0.05) is 82.7 Å². The number of fused-ring (bicyclic) bond motifs is 5. The third kappa shape index (κ3) is 3.12. The molecule has 5 nitrogen and oxygen atoms in total. The van der Waals surface area contributed by atoms with Gasteiger partial charge in [0.25, 0.3) is 0 Å². The second kappa shape index (κ2) is 8.61. The maximum absolute atomic E-state index is 14.6. The van der Waals surface area contributed by atoms with Crippen molar-refractivity contribution in [2.24, 2.45) is 5.92 Å². The lowest BCUT2D eigenvalue weighted by Crippen LogP contribution is -2.55. The van der Waals surface area contributed by atoms with Gasteiger partial charge in [-0.15, -0.1) is 11.3 Å². The molecule has 186 valence electrons. The van der Waals surface area contributed by atoms with E-state index in [4.69, 9.17) is 0 Å². The number of Topliss-reactive ketones (excluding diaryl/α,β-unsaturated/α-hetero) is 2. The van der Waals surface area contributed by atoms with Gasteiger partial charge in [0, 0.05) is 21.4 Å². The molecule has 1 unspecified atom stereocenters. The van der Waals surface area contributed by atoms with Crippen LogP contribution < -0.4 is 10.2 Å². The summed E-state index contributed by atoms with van der Waals surface area (Å²) in [7, 11) is 0. The number of halogens is 1. The van der Waals surface area contributed by atoms with Crippen molar-refractivity contribution in [2.75, 3.05) is 10.2 Å². The van der Waals surface area contributed by atoms with Crippen LogP contribution in [-0.2, 0) is 10.2 Å². The molecule has 4 aromatic rings. The fourth-order valence-corrected chi connectivity index (χ4v) is 7.45. The molecular weight excluding hydrogens is 560 g/mol. The average Bonchev–Trinajstić information content (AvgIpc) is 3.65. The number of nitrogens with zero attached hydrogens (tertiary/aromatic N) is 1. The number of thiophene rings is 1. The van der Waals surface area contributed by atoms with Gasteiger partial charge in [-0.2, -0.15) is 0 Å². The summed E-state index contributed by atoms with van der Waals surface area (Å²) in [5, 5.41) is 4.91. The van der Waals surface area contributed by atoms with Gasteiger partial charge in [-0.05, 0) is 46.8 Å². The molecule has 0 radical (unpaired) electrons. The first kappa shape index (κ1) is 23.3.